The van der Waals surface area contributed by atoms with Gasteiger partial charge in [-0.3, -0.25) is 4.90 Å². The molecule has 2 saturated heterocycles. The summed E-state index contributed by atoms with van der Waals surface area (Å²) in [6.07, 6.45) is -2.17. The molecule has 0 aromatic rings. The van der Waals surface area contributed by atoms with E-state index >= 15 is 0 Å². The molecule has 6 heteroatoms. The average molecular weight is 266 g/mol. The van der Waals surface area contributed by atoms with E-state index in [2.05, 4.69) is 4.90 Å². The molecular weight excluding hydrogens is 245 g/mol. The van der Waals surface area contributed by atoms with Crippen molar-refractivity contribution in [3.05, 3.63) is 0 Å². The van der Waals surface area contributed by atoms with Crippen LogP contribution < -0.4 is 0 Å². The standard InChI is InChI=1S/C12H21F3N2O/c13-12(14,15)10-17-4-1-3-16(5-6-17)8-11-2-7-18-9-11/h11H,1-10H2. The first-order valence-electron chi connectivity index (χ1n) is 6.62. The van der Waals surface area contributed by atoms with E-state index in [1.807, 2.05) is 0 Å². The summed E-state index contributed by atoms with van der Waals surface area (Å²) in [5.74, 6) is 0.569. The van der Waals surface area contributed by atoms with Crippen molar-refractivity contribution in [1.82, 2.24) is 9.80 Å². The van der Waals surface area contributed by atoms with Gasteiger partial charge in [-0.2, -0.15) is 13.2 Å². The Morgan fingerprint density at radius 3 is 2.44 bits per heavy atom. The summed E-state index contributed by atoms with van der Waals surface area (Å²) >= 11 is 0. The Morgan fingerprint density at radius 2 is 1.78 bits per heavy atom. The fourth-order valence-electron chi connectivity index (χ4n) is 2.71. The van der Waals surface area contributed by atoms with E-state index in [1.165, 1.54) is 4.90 Å². The molecule has 0 amide bonds. The van der Waals surface area contributed by atoms with Crippen molar-refractivity contribution in [3.8, 4) is 0 Å². The first-order chi connectivity index (χ1) is 8.53. The van der Waals surface area contributed by atoms with Crippen molar-refractivity contribution in [3.63, 3.8) is 0 Å². The van der Waals surface area contributed by atoms with Gasteiger partial charge < -0.3 is 9.64 Å². The third kappa shape index (κ3) is 4.74. The van der Waals surface area contributed by atoms with Gasteiger partial charge in [0.25, 0.3) is 0 Å². The topological polar surface area (TPSA) is 15.7 Å². The molecule has 0 saturated carbocycles. The maximum atomic E-state index is 12.3. The molecule has 1 atom stereocenters. The molecule has 3 nitrogen and oxygen atoms in total. The van der Waals surface area contributed by atoms with Crippen LogP contribution in [0.3, 0.4) is 0 Å². The fraction of sp³-hybridized carbons (Fsp3) is 1.00. The lowest BCUT2D eigenvalue weighted by atomic mass is 10.1. The van der Waals surface area contributed by atoms with Crippen molar-refractivity contribution in [1.29, 1.82) is 0 Å². The summed E-state index contributed by atoms with van der Waals surface area (Å²) < 4.78 is 42.3. The Balaban J connectivity index is 1.73. The number of hydrogen-bond acceptors (Lipinski definition) is 3. The van der Waals surface area contributed by atoms with Crippen LogP contribution in [0.4, 0.5) is 13.2 Å². The number of rotatable bonds is 3. The van der Waals surface area contributed by atoms with Gasteiger partial charge in [0.05, 0.1) is 13.2 Å². The van der Waals surface area contributed by atoms with Crippen LogP contribution in [0.5, 0.6) is 0 Å². The van der Waals surface area contributed by atoms with Gasteiger partial charge in [0.1, 0.15) is 0 Å². The minimum atomic E-state index is -4.07. The first kappa shape index (κ1) is 14.1. The van der Waals surface area contributed by atoms with E-state index < -0.39 is 12.7 Å². The highest BCUT2D eigenvalue weighted by atomic mass is 19.4. The van der Waals surface area contributed by atoms with Crippen molar-refractivity contribution in [2.24, 2.45) is 5.92 Å². The Kier molecular flexibility index (Phi) is 4.86. The van der Waals surface area contributed by atoms with E-state index in [0.717, 1.165) is 45.7 Å². The fourth-order valence-corrected chi connectivity index (χ4v) is 2.71. The van der Waals surface area contributed by atoms with Crippen LogP contribution in [-0.2, 0) is 4.74 Å². The second-order valence-electron chi connectivity index (χ2n) is 5.28. The molecule has 2 aliphatic rings. The highest BCUT2D eigenvalue weighted by Crippen LogP contribution is 2.19. The summed E-state index contributed by atoms with van der Waals surface area (Å²) in [5.41, 5.74) is 0. The predicted octanol–water partition coefficient (Wildman–Crippen LogP) is 1.59. The largest absolute Gasteiger partial charge is 0.401 e. The number of hydrogen-bond donors (Lipinski definition) is 0. The molecule has 0 aromatic carbocycles. The van der Waals surface area contributed by atoms with Crippen molar-refractivity contribution in [2.45, 2.75) is 19.0 Å². The van der Waals surface area contributed by atoms with Crippen molar-refractivity contribution >= 4 is 0 Å². The summed E-state index contributed by atoms with van der Waals surface area (Å²) in [4.78, 5) is 3.81. The molecule has 0 radical (unpaired) electrons. The van der Waals surface area contributed by atoms with E-state index in [1.54, 1.807) is 0 Å². The van der Waals surface area contributed by atoms with Crippen LogP contribution in [0.15, 0.2) is 0 Å². The first-order valence-corrected chi connectivity index (χ1v) is 6.62. The lowest BCUT2D eigenvalue weighted by Gasteiger charge is -2.24. The monoisotopic (exact) mass is 266 g/mol. The van der Waals surface area contributed by atoms with E-state index in [-0.39, 0.29) is 0 Å². The molecule has 2 fully saturated rings. The highest BCUT2D eigenvalue weighted by molar-refractivity contribution is 4.75. The molecule has 0 N–H and O–H groups in total. The molecule has 106 valence electrons. The quantitative estimate of drug-likeness (QED) is 0.771. The Labute approximate surface area is 106 Å². The predicted molar refractivity (Wildman–Crippen MR) is 62.5 cm³/mol. The van der Waals surface area contributed by atoms with Gasteiger partial charge in [0.15, 0.2) is 0 Å². The minimum Gasteiger partial charge on any atom is -0.381 e. The zero-order chi connectivity index (χ0) is 13.0. The van der Waals surface area contributed by atoms with Crippen LogP contribution in [-0.4, -0.2) is 68.5 Å². The highest BCUT2D eigenvalue weighted by Gasteiger charge is 2.31. The van der Waals surface area contributed by atoms with Gasteiger partial charge in [-0.15, -0.1) is 0 Å². The molecule has 0 aliphatic carbocycles. The second kappa shape index (κ2) is 6.21. The number of ether oxygens (including phenoxy) is 1. The summed E-state index contributed by atoms with van der Waals surface area (Å²) in [6, 6.07) is 0. The molecule has 0 bridgehead atoms. The lowest BCUT2D eigenvalue weighted by molar-refractivity contribution is -0.145. The zero-order valence-corrected chi connectivity index (χ0v) is 10.6. The van der Waals surface area contributed by atoms with Crippen molar-refractivity contribution < 1.29 is 17.9 Å². The second-order valence-corrected chi connectivity index (χ2v) is 5.28. The van der Waals surface area contributed by atoms with Gasteiger partial charge >= 0.3 is 6.18 Å². The summed E-state index contributed by atoms with van der Waals surface area (Å²) in [5, 5.41) is 0. The molecule has 0 spiro atoms. The molecule has 0 aromatic heterocycles. The third-order valence-corrected chi connectivity index (χ3v) is 3.62. The average Bonchev–Trinajstić information content (AvgIpc) is 2.67. The molecular formula is C12H21F3N2O. The van der Waals surface area contributed by atoms with Gasteiger partial charge in [-0.1, -0.05) is 0 Å². The molecule has 2 heterocycles. The van der Waals surface area contributed by atoms with Gasteiger partial charge in [-0.05, 0) is 31.8 Å². The van der Waals surface area contributed by atoms with E-state index in [0.29, 0.717) is 19.0 Å². The van der Waals surface area contributed by atoms with Crippen LogP contribution in [0, 0.1) is 5.92 Å². The Hall–Kier alpha value is -0.330. The number of nitrogens with zero attached hydrogens (tertiary/aromatic N) is 2. The molecule has 1 unspecified atom stereocenters. The van der Waals surface area contributed by atoms with Crippen LogP contribution in [0.1, 0.15) is 12.8 Å². The van der Waals surface area contributed by atoms with Crippen LogP contribution in [0.25, 0.3) is 0 Å². The van der Waals surface area contributed by atoms with Crippen molar-refractivity contribution in [2.75, 3.05) is 52.5 Å². The van der Waals surface area contributed by atoms with Crippen LogP contribution >= 0.6 is 0 Å². The maximum absolute atomic E-state index is 12.3. The maximum Gasteiger partial charge on any atom is 0.401 e. The van der Waals surface area contributed by atoms with Gasteiger partial charge in [0, 0.05) is 26.2 Å². The van der Waals surface area contributed by atoms with Crippen LogP contribution in [0.2, 0.25) is 0 Å². The molecule has 18 heavy (non-hydrogen) atoms. The minimum absolute atomic E-state index is 0.521. The summed E-state index contributed by atoms with van der Waals surface area (Å²) in [6.45, 7) is 4.57. The van der Waals surface area contributed by atoms with E-state index in [4.69, 9.17) is 4.74 Å². The smallest absolute Gasteiger partial charge is 0.381 e. The number of alkyl halides is 3. The zero-order valence-electron chi connectivity index (χ0n) is 10.6. The van der Waals surface area contributed by atoms with Gasteiger partial charge in [-0.25, -0.2) is 0 Å². The van der Waals surface area contributed by atoms with Gasteiger partial charge in [0.2, 0.25) is 0 Å². The normalized spacial score (nSPS) is 28.5. The third-order valence-electron chi connectivity index (χ3n) is 3.62. The lowest BCUT2D eigenvalue weighted by Crippen LogP contribution is -2.38. The summed E-state index contributed by atoms with van der Waals surface area (Å²) in [7, 11) is 0. The Morgan fingerprint density at radius 1 is 1.06 bits per heavy atom. The Bertz CT molecular complexity index is 254. The number of halogens is 3. The van der Waals surface area contributed by atoms with E-state index in [9.17, 15) is 13.2 Å². The SMILES string of the molecule is FC(F)(F)CN1CCCN(CC2CCOC2)CC1. The molecule has 2 rings (SSSR count). The molecule has 2 aliphatic heterocycles.